The lowest BCUT2D eigenvalue weighted by Gasteiger charge is -2.19. The van der Waals surface area contributed by atoms with E-state index in [1.165, 1.54) is 11.8 Å². The zero-order valence-corrected chi connectivity index (χ0v) is 22.4. The number of benzene rings is 2. The summed E-state index contributed by atoms with van der Waals surface area (Å²) in [6, 6.07) is 11.6. The lowest BCUT2D eigenvalue weighted by atomic mass is 9.87. The molecule has 0 fully saturated rings. The molecule has 0 saturated heterocycles. The van der Waals surface area contributed by atoms with Crippen molar-refractivity contribution < 1.29 is 19.0 Å². The normalized spacial score (nSPS) is 11.5. The minimum Gasteiger partial charge on any atom is -0.493 e. The lowest BCUT2D eigenvalue weighted by Crippen LogP contribution is -2.19. The van der Waals surface area contributed by atoms with Crippen molar-refractivity contribution in [1.82, 2.24) is 15.6 Å². The first-order chi connectivity index (χ1) is 16.7. The second kappa shape index (κ2) is 12.0. The van der Waals surface area contributed by atoms with Gasteiger partial charge < -0.3 is 19.9 Å². The van der Waals surface area contributed by atoms with Gasteiger partial charge in [0.1, 0.15) is 24.0 Å². The van der Waals surface area contributed by atoms with Crippen LogP contribution in [-0.4, -0.2) is 42.6 Å². The first kappa shape index (κ1) is 26.4. The molecule has 0 saturated carbocycles. The Morgan fingerprint density at radius 3 is 2.51 bits per heavy atom. The summed E-state index contributed by atoms with van der Waals surface area (Å²) in [7, 11) is 1.55. The molecule has 3 rings (SSSR count). The molecule has 2 aromatic carbocycles. The molecular formula is C24H28BrN5O4S. The van der Waals surface area contributed by atoms with Crippen molar-refractivity contribution in [2.24, 2.45) is 5.10 Å². The van der Waals surface area contributed by atoms with Crippen LogP contribution in [0.1, 0.15) is 36.9 Å². The van der Waals surface area contributed by atoms with Gasteiger partial charge in [-0.05, 0) is 56.7 Å². The van der Waals surface area contributed by atoms with Crippen LogP contribution in [0.15, 0.2) is 46.0 Å². The number of nitrogens with zero attached hydrogens (tertiary/aromatic N) is 3. The van der Waals surface area contributed by atoms with Crippen LogP contribution in [0.25, 0.3) is 0 Å². The van der Waals surface area contributed by atoms with Gasteiger partial charge in [-0.3, -0.25) is 4.79 Å². The third-order valence-electron chi connectivity index (χ3n) is 4.77. The summed E-state index contributed by atoms with van der Waals surface area (Å²) in [6.45, 7) is 7.23. The number of ether oxygens (including phenoxy) is 3. The third kappa shape index (κ3) is 7.93. The molecule has 0 atom stereocenters. The van der Waals surface area contributed by atoms with Crippen molar-refractivity contribution in [1.29, 1.82) is 0 Å². The number of hydrogen-bond acceptors (Lipinski definition) is 9. The maximum atomic E-state index is 12.0. The Balaban J connectivity index is 1.52. The number of nitrogens with one attached hydrogen (secondary N) is 1. The van der Waals surface area contributed by atoms with E-state index in [4.69, 9.17) is 19.9 Å². The molecular weight excluding hydrogens is 534 g/mol. The number of anilines is 1. The number of nitrogens with two attached hydrogens (primary N) is 1. The summed E-state index contributed by atoms with van der Waals surface area (Å²) < 4.78 is 17.8. The average Bonchev–Trinajstić information content (AvgIpc) is 3.21. The first-order valence-corrected chi connectivity index (χ1v) is 12.4. The molecule has 35 heavy (non-hydrogen) atoms. The number of hydrogen-bond donors (Lipinski definition) is 2. The predicted molar refractivity (Wildman–Crippen MR) is 141 cm³/mol. The van der Waals surface area contributed by atoms with E-state index < -0.39 is 0 Å². The quantitative estimate of drug-likeness (QED) is 0.214. The summed E-state index contributed by atoms with van der Waals surface area (Å²) in [5.74, 6) is 1.53. The van der Waals surface area contributed by atoms with E-state index >= 15 is 0 Å². The molecule has 11 heteroatoms. The van der Waals surface area contributed by atoms with Crippen LogP contribution in [-0.2, 0) is 16.6 Å². The number of aromatic nitrogens is 2. The van der Waals surface area contributed by atoms with E-state index in [2.05, 4.69) is 69.6 Å². The van der Waals surface area contributed by atoms with Gasteiger partial charge in [-0.25, -0.2) is 5.43 Å². The number of methoxy groups -OCH3 is 1. The van der Waals surface area contributed by atoms with Crippen molar-refractivity contribution in [3.63, 3.8) is 0 Å². The number of carbonyl (C=O) groups excluding carboxylic acids is 1. The second-order valence-corrected chi connectivity index (χ2v) is 10.5. The standard InChI is InChI=1S/C24H28BrN5O4S/c1-24(2,3)16-5-7-17(8-6-16)33-9-10-34-22-18(25)11-15(12-19(22)32-4)14-27-28-20(31)13-21-29-30-23(26)35-21/h5-8,11-12,14H,9-10,13H2,1-4H3,(H2,26,30)(H,28,31)/b27-14-. The fourth-order valence-corrected chi connectivity index (χ4v) is 4.18. The van der Waals surface area contributed by atoms with Crippen LogP contribution in [0, 0.1) is 0 Å². The molecule has 0 bridgehead atoms. The van der Waals surface area contributed by atoms with Gasteiger partial charge >= 0.3 is 0 Å². The van der Waals surface area contributed by atoms with Crippen molar-refractivity contribution in [3.05, 3.63) is 57.0 Å². The molecule has 1 amide bonds. The van der Waals surface area contributed by atoms with Gasteiger partial charge in [0.25, 0.3) is 0 Å². The Bertz CT molecular complexity index is 1180. The summed E-state index contributed by atoms with van der Waals surface area (Å²) in [6.07, 6.45) is 1.56. The van der Waals surface area contributed by atoms with Gasteiger partial charge in [-0.15, -0.1) is 10.2 Å². The minimum atomic E-state index is -0.323. The molecule has 9 nitrogen and oxygen atoms in total. The molecule has 186 valence electrons. The summed E-state index contributed by atoms with van der Waals surface area (Å²) in [5.41, 5.74) is 10.0. The zero-order valence-electron chi connectivity index (χ0n) is 20.0. The van der Waals surface area contributed by atoms with Crippen molar-refractivity contribution in [2.75, 3.05) is 26.1 Å². The zero-order chi connectivity index (χ0) is 25.4. The van der Waals surface area contributed by atoms with Gasteiger partial charge in [0.2, 0.25) is 11.0 Å². The van der Waals surface area contributed by atoms with Gasteiger partial charge in [-0.1, -0.05) is 44.2 Å². The second-order valence-electron chi connectivity index (χ2n) is 8.51. The van der Waals surface area contributed by atoms with Gasteiger partial charge in [0, 0.05) is 0 Å². The molecule has 1 heterocycles. The maximum Gasteiger partial charge on any atom is 0.247 e. The van der Waals surface area contributed by atoms with Crippen LogP contribution < -0.4 is 25.4 Å². The fraction of sp³-hybridized carbons (Fsp3) is 0.333. The highest BCUT2D eigenvalue weighted by Gasteiger charge is 2.14. The minimum absolute atomic E-state index is 0.0504. The fourth-order valence-electron chi connectivity index (χ4n) is 3.00. The van der Waals surface area contributed by atoms with E-state index in [0.29, 0.717) is 44.9 Å². The van der Waals surface area contributed by atoms with Crippen molar-refractivity contribution in [2.45, 2.75) is 32.6 Å². The molecule has 0 unspecified atom stereocenters. The molecule has 0 aliphatic carbocycles. The number of halogens is 1. The number of hydrazone groups is 1. The number of amides is 1. The molecule has 1 aromatic heterocycles. The summed E-state index contributed by atoms with van der Waals surface area (Å²) in [5, 5.41) is 12.3. The number of rotatable bonds is 10. The summed E-state index contributed by atoms with van der Waals surface area (Å²) >= 11 is 4.67. The first-order valence-electron chi connectivity index (χ1n) is 10.8. The highest BCUT2D eigenvalue weighted by Crippen LogP contribution is 2.36. The van der Waals surface area contributed by atoms with E-state index in [1.807, 2.05) is 18.2 Å². The van der Waals surface area contributed by atoms with E-state index in [-0.39, 0.29) is 17.7 Å². The van der Waals surface area contributed by atoms with Gasteiger partial charge in [-0.2, -0.15) is 5.10 Å². The number of nitrogen functional groups attached to an aromatic ring is 1. The Kier molecular flexibility index (Phi) is 9.05. The van der Waals surface area contributed by atoms with E-state index in [0.717, 1.165) is 17.1 Å². The Morgan fingerprint density at radius 1 is 1.17 bits per heavy atom. The van der Waals surface area contributed by atoms with Crippen LogP contribution in [0.4, 0.5) is 5.13 Å². The molecule has 0 aliphatic heterocycles. The largest absolute Gasteiger partial charge is 0.493 e. The average molecular weight is 562 g/mol. The third-order valence-corrected chi connectivity index (χ3v) is 6.11. The topological polar surface area (TPSA) is 121 Å². The predicted octanol–water partition coefficient (Wildman–Crippen LogP) is 4.34. The van der Waals surface area contributed by atoms with Crippen molar-refractivity contribution in [3.8, 4) is 17.2 Å². The van der Waals surface area contributed by atoms with E-state index in [1.54, 1.807) is 13.2 Å². The molecule has 3 N–H and O–H groups in total. The molecule has 3 aromatic rings. The lowest BCUT2D eigenvalue weighted by molar-refractivity contribution is -0.120. The van der Waals surface area contributed by atoms with Crippen molar-refractivity contribution >= 4 is 44.5 Å². The Morgan fingerprint density at radius 2 is 1.89 bits per heavy atom. The highest BCUT2D eigenvalue weighted by atomic mass is 79.9. The molecule has 0 radical (unpaired) electrons. The SMILES string of the molecule is COc1cc(/C=N\NC(=O)Cc2nnc(N)s2)cc(Br)c1OCCOc1ccc(C(C)(C)C)cc1. The molecule has 0 aliphatic rings. The van der Waals surface area contributed by atoms with Crippen LogP contribution >= 0.6 is 27.3 Å². The van der Waals surface area contributed by atoms with Gasteiger partial charge in [0.15, 0.2) is 11.5 Å². The Labute approximate surface area is 216 Å². The maximum absolute atomic E-state index is 12.0. The summed E-state index contributed by atoms with van der Waals surface area (Å²) in [4.78, 5) is 12.0. The smallest absolute Gasteiger partial charge is 0.247 e. The van der Waals surface area contributed by atoms with Gasteiger partial charge in [0.05, 0.1) is 24.2 Å². The van der Waals surface area contributed by atoms with Crippen LogP contribution in [0.2, 0.25) is 0 Å². The Hall–Kier alpha value is -3.18. The monoisotopic (exact) mass is 561 g/mol. The van der Waals surface area contributed by atoms with Crippen LogP contribution in [0.5, 0.6) is 17.2 Å². The van der Waals surface area contributed by atoms with E-state index in [9.17, 15) is 4.79 Å². The molecule has 0 spiro atoms. The van der Waals surface area contributed by atoms with Crippen LogP contribution in [0.3, 0.4) is 0 Å². The number of carbonyl (C=O) groups is 1. The highest BCUT2D eigenvalue weighted by molar-refractivity contribution is 9.10.